The first-order valence-corrected chi connectivity index (χ1v) is 10.2. The Morgan fingerprint density at radius 2 is 1.97 bits per heavy atom. The van der Waals surface area contributed by atoms with Gasteiger partial charge in [0.15, 0.2) is 5.75 Å². The van der Waals surface area contributed by atoms with E-state index in [2.05, 4.69) is 14.8 Å². The third-order valence-electron chi connectivity index (χ3n) is 5.62. The van der Waals surface area contributed by atoms with Crippen LogP contribution in [0.15, 0.2) is 28.3 Å². The van der Waals surface area contributed by atoms with Crippen molar-refractivity contribution in [2.75, 3.05) is 44.7 Å². The van der Waals surface area contributed by atoms with E-state index in [1.165, 1.54) is 19.4 Å². The summed E-state index contributed by atoms with van der Waals surface area (Å²) < 4.78 is 21.5. The molecule has 2 aromatic rings. The average molecular weight is 432 g/mol. The quantitative estimate of drug-likeness (QED) is 0.426. The van der Waals surface area contributed by atoms with Gasteiger partial charge in [-0.15, -0.1) is 0 Å². The summed E-state index contributed by atoms with van der Waals surface area (Å²) >= 11 is 0. The van der Waals surface area contributed by atoms with Crippen LogP contribution in [0.4, 0.5) is 14.9 Å². The first-order valence-electron chi connectivity index (χ1n) is 10.2. The van der Waals surface area contributed by atoms with Gasteiger partial charge in [0.2, 0.25) is 5.43 Å². The fraction of sp³-hybridized carbons (Fsp3) is 0.476. The van der Waals surface area contributed by atoms with Gasteiger partial charge in [0.1, 0.15) is 12.9 Å². The van der Waals surface area contributed by atoms with E-state index in [1.807, 2.05) is 16.4 Å². The highest BCUT2D eigenvalue weighted by Gasteiger charge is 2.28. The minimum Gasteiger partial charge on any atom is -0.449 e. The Morgan fingerprint density at radius 3 is 2.58 bits per heavy atom. The second-order valence-electron chi connectivity index (χ2n) is 7.92. The molecule has 166 valence electrons. The number of hydrogen-bond acceptors (Lipinski definition) is 7. The molecule has 0 radical (unpaired) electrons. The molecule has 1 aliphatic heterocycles. The van der Waals surface area contributed by atoms with Crippen molar-refractivity contribution >= 4 is 28.5 Å². The van der Waals surface area contributed by atoms with Crippen molar-refractivity contribution < 1.29 is 23.9 Å². The smallest absolute Gasteiger partial charge is 0.449 e. The van der Waals surface area contributed by atoms with E-state index in [1.54, 1.807) is 6.07 Å². The number of pyridine rings is 1. The predicted molar refractivity (Wildman–Crippen MR) is 114 cm³/mol. The molecule has 4 rings (SSSR count). The van der Waals surface area contributed by atoms with Gasteiger partial charge in [-0.05, 0) is 31.9 Å². The Kier molecular flexibility index (Phi) is 5.81. The summed E-state index contributed by atoms with van der Waals surface area (Å²) in [5.74, 6) is -0.814. The number of halogens is 1. The number of fused-ring (bicyclic) bond motifs is 1. The molecule has 1 aromatic carbocycles. The summed E-state index contributed by atoms with van der Waals surface area (Å²) in [6.07, 6.45) is 1.68. The second-order valence-corrected chi connectivity index (χ2v) is 7.92. The number of piperazine rings is 1. The number of ether oxygens (including phenoxy) is 1. The summed E-state index contributed by atoms with van der Waals surface area (Å²) in [6.45, 7) is 5.35. The second kappa shape index (κ2) is 8.54. The monoisotopic (exact) mass is 432 g/mol. The van der Waals surface area contributed by atoms with Crippen molar-refractivity contribution in [3.05, 3.63) is 34.4 Å². The van der Waals surface area contributed by atoms with Crippen LogP contribution in [-0.2, 0) is 4.84 Å². The number of carbonyl (C=O) groups is 1. The average Bonchev–Trinajstić information content (AvgIpc) is 3.56. The highest BCUT2D eigenvalue weighted by Crippen LogP contribution is 2.39. The molecule has 0 spiro atoms. The van der Waals surface area contributed by atoms with Gasteiger partial charge in [0.25, 0.3) is 0 Å². The number of rotatable bonds is 6. The molecule has 0 amide bonds. The highest BCUT2D eigenvalue weighted by molar-refractivity contribution is 5.85. The van der Waals surface area contributed by atoms with E-state index >= 15 is 4.39 Å². The number of carboxylic acid groups (broad SMARTS) is 1. The van der Waals surface area contributed by atoms with Crippen molar-refractivity contribution in [2.24, 2.45) is 5.16 Å². The Morgan fingerprint density at radius 1 is 1.26 bits per heavy atom. The van der Waals surface area contributed by atoms with E-state index in [0.29, 0.717) is 30.8 Å². The first-order chi connectivity index (χ1) is 14.9. The molecule has 0 bridgehead atoms. The zero-order valence-electron chi connectivity index (χ0n) is 17.5. The third kappa shape index (κ3) is 4.48. The van der Waals surface area contributed by atoms with Gasteiger partial charge >= 0.3 is 6.16 Å². The molecule has 9 nitrogen and oxygen atoms in total. The molecule has 2 heterocycles. The lowest BCUT2D eigenvalue weighted by atomic mass is 10.1. The van der Waals surface area contributed by atoms with Crippen molar-refractivity contribution in [3.63, 3.8) is 0 Å². The third-order valence-corrected chi connectivity index (χ3v) is 5.62. The highest BCUT2D eigenvalue weighted by atomic mass is 19.1. The predicted octanol–water partition coefficient (Wildman–Crippen LogP) is 2.68. The Labute approximate surface area is 178 Å². The summed E-state index contributed by atoms with van der Waals surface area (Å²) in [4.78, 5) is 32.6. The maximum Gasteiger partial charge on any atom is 0.511 e. The molecule has 1 saturated heterocycles. The summed E-state index contributed by atoms with van der Waals surface area (Å²) in [7, 11) is 1.52. The molecule has 2 fully saturated rings. The molecule has 1 aliphatic carbocycles. The summed E-state index contributed by atoms with van der Waals surface area (Å²) in [5, 5.41) is 13.0. The van der Waals surface area contributed by atoms with E-state index in [4.69, 9.17) is 9.94 Å². The SMILES string of the molecule is CON=C(C)CN1CCN(c2cc3c(cc2F)c(=O)c(OC(=O)O)cn3C2CC2)CC1. The number of benzene rings is 1. The largest absolute Gasteiger partial charge is 0.511 e. The van der Waals surface area contributed by atoms with Crippen molar-refractivity contribution in [1.82, 2.24) is 9.47 Å². The Balaban J connectivity index is 1.64. The molecule has 0 atom stereocenters. The van der Waals surface area contributed by atoms with E-state index < -0.39 is 17.4 Å². The van der Waals surface area contributed by atoms with Crippen LogP contribution in [0.25, 0.3) is 10.9 Å². The molecule has 0 unspecified atom stereocenters. The van der Waals surface area contributed by atoms with Gasteiger partial charge in [-0.2, -0.15) is 0 Å². The van der Waals surface area contributed by atoms with Gasteiger partial charge in [-0.1, -0.05) is 5.16 Å². The van der Waals surface area contributed by atoms with Gasteiger partial charge in [-0.25, -0.2) is 9.18 Å². The van der Waals surface area contributed by atoms with E-state index in [0.717, 1.165) is 31.6 Å². The van der Waals surface area contributed by atoms with Crippen LogP contribution in [0.3, 0.4) is 0 Å². The molecule has 10 heteroatoms. The zero-order valence-corrected chi connectivity index (χ0v) is 17.5. The lowest BCUT2D eigenvalue weighted by Crippen LogP contribution is -2.48. The van der Waals surface area contributed by atoms with Crippen LogP contribution < -0.4 is 15.1 Å². The summed E-state index contributed by atoms with van der Waals surface area (Å²) in [5.41, 5.74) is 1.28. The number of aromatic nitrogens is 1. The fourth-order valence-electron chi connectivity index (χ4n) is 4.05. The van der Waals surface area contributed by atoms with Crippen LogP contribution in [0.1, 0.15) is 25.8 Å². The topological polar surface area (TPSA) is 96.6 Å². The van der Waals surface area contributed by atoms with Gasteiger partial charge in [-0.3, -0.25) is 9.69 Å². The minimum atomic E-state index is -1.57. The lowest BCUT2D eigenvalue weighted by molar-refractivity contribution is 0.143. The molecular weight excluding hydrogens is 407 g/mol. The van der Waals surface area contributed by atoms with Crippen molar-refractivity contribution in [2.45, 2.75) is 25.8 Å². The molecule has 1 saturated carbocycles. The number of anilines is 1. The van der Waals surface area contributed by atoms with Gasteiger partial charge in [0.05, 0.1) is 28.5 Å². The lowest BCUT2D eigenvalue weighted by Gasteiger charge is -2.36. The molecule has 1 aromatic heterocycles. The van der Waals surface area contributed by atoms with Crippen LogP contribution in [0.5, 0.6) is 5.75 Å². The number of nitrogens with zero attached hydrogens (tertiary/aromatic N) is 4. The minimum absolute atomic E-state index is 0.122. The zero-order chi connectivity index (χ0) is 22.1. The van der Waals surface area contributed by atoms with Gasteiger partial charge in [0, 0.05) is 38.8 Å². The maximum atomic E-state index is 15.0. The van der Waals surface area contributed by atoms with E-state index in [9.17, 15) is 9.59 Å². The van der Waals surface area contributed by atoms with E-state index in [-0.39, 0.29) is 17.2 Å². The van der Waals surface area contributed by atoms with Gasteiger partial charge < -0.3 is 24.1 Å². The Bertz CT molecular complexity index is 1090. The summed E-state index contributed by atoms with van der Waals surface area (Å²) in [6, 6.07) is 3.04. The first kappa shape index (κ1) is 21.1. The van der Waals surface area contributed by atoms with Crippen LogP contribution in [0, 0.1) is 5.82 Å². The molecule has 1 N–H and O–H groups in total. The van der Waals surface area contributed by atoms with Crippen LogP contribution in [0.2, 0.25) is 0 Å². The maximum absolute atomic E-state index is 15.0. The number of hydrogen-bond donors (Lipinski definition) is 1. The standard InChI is InChI=1S/C21H25FN4O5/c1-13(23-30-2)11-24-5-7-25(8-6-24)18-10-17-15(9-16(18)22)20(27)19(31-21(28)29)12-26(17)14-3-4-14/h9-10,12,14H,3-8,11H2,1-2H3,(H,28,29). The van der Waals surface area contributed by atoms with Crippen molar-refractivity contribution in [3.8, 4) is 5.75 Å². The number of oxime groups is 1. The Hall–Kier alpha value is -3.14. The van der Waals surface area contributed by atoms with Crippen LogP contribution >= 0.6 is 0 Å². The normalized spacial score (nSPS) is 17.8. The fourth-order valence-corrected chi connectivity index (χ4v) is 4.05. The van der Waals surface area contributed by atoms with Crippen molar-refractivity contribution in [1.29, 1.82) is 0 Å². The van der Waals surface area contributed by atoms with Crippen LogP contribution in [-0.4, -0.2) is 66.3 Å². The molecule has 2 aliphatic rings. The molecule has 31 heavy (non-hydrogen) atoms. The molecular formula is C21H25FN4O5.